The smallest absolute Gasteiger partial charge is 0.332 e. The quantitative estimate of drug-likeness (QED) is 0.614. The van der Waals surface area contributed by atoms with Crippen molar-refractivity contribution in [1.82, 2.24) is 5.32 Å². The Hall–Kier alpha value is -1.14. The molecular formula is C9H15NO5. The number of esters is 2. The highest BCUT2D eigenvalue weighted by Gasteiger charge is 2.32. The molecule has 1 aliphatic heterocycles. The zero-order valence-electron chi connectivity index (χ0n) is 8.82. The molecule has 86 valence electrons. The zero-order chi connectivity index (χ0) is 11.3. The first-order chi connectivity index (χ1) is 7.17. The van der Waals surface area contributed by atoms with Crippen LogP contribution in [0.15, 0.2) is 0 Å². The highest BCUT2D eigenvalue weighted by atomic mass is 16.6. The molecule has 15 heavy (non-hydrogen) atoms. The summed E-state index contributed by atoms with van der Waals surface area (Å²) in [4.78, 5) is 22.2. The minimum Gasteiger partial charge on any atom is -0.468 e. The summed E-state index contributed by atoms with van der Waals surface area (Å²) >= 11 is 0. The molecule has 0 radical (unpaired) electrons. The number of methoxy groups -OCH3 is 2. The summed E-state index contributed by atoms with van der Waals surface area (Å²) in [5, 5.41) is 2.91. The van der Waals surface area contributed by atoms with Gasteiger partial charge in [-0.15, -0.1) is 0 Å². The molecular weight excluding hydrogens is 202 g/mol. The van der Waals surface area contributed by atoms with Crippen LogP contribution in [0.25, 0.3) is 0 Å². The van der Waals surface area contributed by atoms with Gasteiger partial charge in [0.1, 0.15) is 18.8 Å². The zero-order valence-corrected chi connectivity index (χ0v) is 8.82. The molecule has 1 N–H and O–H groups in total. The lowest BCUT2D eigenvalue weighted by Crippen LogP contribution is -2.31. The Morgan fingerprint density at radius 3 is 2.73 bits per heavy atom. The highest BCUT2D eigenvalue weighted by Crippen LogP contribution is 2.11. The van der Waals surface area contributed by atoms with Crippen LogP contribution in [0.3, 0.4) is 0 Å². The Labute approximate surface area is 87.9 Å². The van der Waals surface area contributed by atoms with Crippen LogP contribution in [-0.4, -0.2) is 51.5 Å². The number of carbonyl (C=O) groups is 2. The largest absolute Gasteiger partial charge is 0.468 e. The molecule has 1 rings (SSSR count). The van der Waals surface area contributed by atoms with Crippen molar-refractivity contribution < 1.29 is 23.8 Å². The minimum atomic E-state index is -0.421. The van der Waals surface area contributed by atoms with E-state index in [1.165, 1.54) is 14.2 Å². The van der Waals surface area contributed by atoms with Gasteiger partial charge >= 0.3 is 11.9 Å². The fourth-order valence-corrected chi connectivity index (χ4v) is 1.45. The van der Waals surface area contributed by atoms with Crippen molar-refractivity contribution in [2.75, 3.05) is 27.4 Å². The van der Waals surface area contributed by atoms with Crippen LogP contribution in [-0.2, 0) is 23.8 Å². The molecule has 1 saturated heterocycles. The van der Waals surface area contributed by atoms with Crippen LogP contribution in [0.5, 0.6) is 0 Å². The lowest BCUT2D eigenvalue weighted by atomic mass is 10.2. The third kappa shape index (κ3) is 3.49. The summed E-state index contributed by atoms with van der Waals surface area (Å²) in [5.41, 5.74) is 0. The molecule has 0 aromatic carbocycles. The van der Waals surface area contributed by atoms with Gasteiger partial charge in [-0.1, -0.05) is 0 Å². The molecule has 0 saturated carbocycles. The number of carbonyl (C=O) groups excluding carboxylic acids is 2. The lowest BCUT2D eigenvalue weighted by Gasteiger charge is -2.10. The molecule has 1 heterocycles. The second-order valence-electron chi connectivity index (χ2n) is 3.26. The molecule has 6 heteroatoms. The second kappa shape index (κ2) is 5.67. The van der Waals surface area contributed by atoms with Crippen LogP contribution < -0.4 is 5.32 Å². The molecule has 0 unspecified atom stereocenters. The first kappa shape index (κ1) is 11.9. The van der Waals surface area contributed by atoms with Crippen molar-refractivity contribution in [3.63, 3.8) is 0 Å². The topological polar surface area (TPSA) is 73.9 Å². The van der Waals surface area contributed by atoms with E-state index >= 15 is 0 Å². The van der Waals surface area contributed by atoms with E-state index in [0.29, 0.717) is 13.0 Å². The van der Waals surface area contributed by atoms with Gasteiger partial charge in [0.2, 0.25) is 0 Å². The van der Waals surface area contributed by atoms with Crippen LogP contribution in [0.2, 0.25) is 0 Å². The normalized spacial score (nSPS) is 24.9. The maximum atomic E-state index is 11.1. The molecule has 0 spiro atoms. The summed E-state index contributed by atoms with van der Waals surface area (Å²) in [7, 11) is 2.75. The van der Waals surface area contributed by atoms with Crippen molar-refractivity contribution in [3.8, 4) is 0 Å². The van der Waals surface area contributed by atoms with Gasteiger partial charge < -0.3 is 19.5 Å². The van der Waals surface area contributed by atoms with Gasteiger partial charge in [-0.25, -0.2) is 4.79 Å². The molecule has 0 aromatic rings. The van der Waals surface area contributed by atoms with Gasteiger partial charge in [-0.2, -0.15) is 0 Å². The average Bonchev–Trinajstić information content (AvgIpc) is 2.65. The molecule has 1 aliphatic rings. The third-order valence-corrected chi connectivity index (χ3v) is 2.14. The second-order valence-corrected chi connectivity index (χ2v) is 3.26. The maximum Gasteiger partial charge on any atom is 0.332 e. The monoisotopic (exact) mass is 217 g/mol. The lowest BCUT2D eigenvalue weighted by molar-refractivity contribution is -0.153. The molecule has 0 bridgehead atoms. The molecule has 1 fully saturated rings. The SMILES string of the molecule is COCC(=O)O[C@H]1CN[C@H](C(=O)OC)C1. The van der Waals surface area contributed by atoms with Gasteiger partial charge in [-0.3, -0.25) is 4.79 Å². The van der Waals surface area contributed by atoms with E-state index in [-0.39, 0.29) is 24.7 Å². The molecule has 0 amide bonds. The van der Waals surface area contributed by atoms with Crippen LogP contribution >= 0.6 is 0 Å². The Kier molecular flexibility index (Phi) is 4.51. The minimum absolute atomic E-state index is 0.0700. The predicted octanol–water partition coefficient (Wildman–Crippen LogP) is -0.920. The van der Waals surface area contributed by atoms with E-state index in [2.05, 4.69) is 14.8 Å². The van der Waals surface area contributed by atoms with Crippen LogP contribution in [0.4, 0.5) is 0 Å². The standard InChI is InChI=1S/C9H15NO5/c1-13-5-8(11)15-6-3-7(10-4-6)9(12)14-2/h6-7,10H,3-5H2,1-2H3/t6-,7+/m1/s1. The first-order valence-electron chi connectivity index (χ1n) is 4.67. The number of rotatable bonds is 4. The number of hydrogen-bond donors (Lipinski definition) is 1. The van der Waals surface area contributed by atoms with E-state index in [0.717, 1.165) is 0 Å². The molecule has 0 aromatic heterocycles. The summed E-state index contributed by atoms with van der Waals surface area (Å²) < 4.78 is 14.2. The van der Waals surface area contributed by atoms with Gasteiger partial charge in [0.05, 0.1) is 7.11 Å². The van der Waals surface area contributed by atoms with E-state index in [4.69, 9.17) is 4.74 Å². The van der Waals surface area contributed by atoms with E-state index < -0.39 is 5.97 Å². The Morgan fingerprint density at radius 2 is 2.13 bits per heavy atom. The van der Waals surface area contributed by atoms with E-state index in [1.807, 2.05) is 0 Å². The van der Waals surface area contributed by atoms with E-state index in [1.54, 1.807) is 0 Å². The summed E-state index contributed by atoms with van der Waals surface area (Å²) in [6.07, 6.45) is 0.166. The number of hydrogen-bond acceptors (Lipinski definition) is 6. The summed E-state index contributed by atoms with van der Waals surface area (Å²) in [5.74, 6) is -0.755. The summed E-state index contributed by atoms with van der Waals surface area (Å²) in [6, 6.07) is -0.379. The maximum absolute atomic E-state index is 11.1. The predicted molar refractivity (Wildman–Crippen MR) is 50.2 cm³/mol. The van der Waals surface area contributed by atoms with Crippen molar-refractivity contribution in [1.29, 1.82) is 0 Å². The van der Waals surface area contributed by atoms with Crippen molar-refractivity contribution in [3.05, 3.63) is 0 Å². The van der Waals surface area contributed by atoms with E-state index in [9.17, 15) is 9.59 Å². The van der Waals surface area contributed by atoms with Crippen LogP contribution in [0.1, 0.15) is 6.42 Å². The van der Waals surface area contributed by atoms with Crippen molar-refractivity contribution in [2.45, 2.75) is 18.6 Å². The fraction of sp³-hybridized carbons (Fsp3) is 0.778. The van der Waals surface area contributed by atoms with Gasteiger partial charge in [0, 0.05) is 20.1 Å². The Balaban J connectivity index is 2.30. The Bertz CT molecular complexity index is 243. The van der Waals surface area contributed by atoms with Gasteiger partial charge in [0.15, 0.2) is 0 Å². The third-order valence-electron chi connectivity index (χ3n) is 2.14. The first-order valence-corrected chi connectivity index (χ1v) is 4.67. The highest BCUT2D eigenvalue weighted by molar-refractivity contribution is 5.76. The van der Waals surface area contributed by atoms with Crippen molar-refractivity contribution >= 4 is 11.9 Å². The number of nitrogens with one attached hydrogen (secondary N) is 1. The molecule has 6 nitrogen and oxygen atoms in total. The molecule has 0 aliphatic carbocycles. The fourth-order valence-electron chi connectivity index (χ4n) is 1.45. The number of ether oxygens (including phenoxy) is 3. The summed E-state index contributed by atoms with van der Waals surface area (Å²) in [6.45, 7) is 0.397. The van der Waals surface area contributed by atoms with Gasteiger partial charge in [-0.05, 0) is 0 Å². The van der Waals surface area contributed by atoms with Crippen LogP contribution in [0, 0.1) is 0 Å². The van der Waals surface area contributed by atoms with Crippen molar-refractivity contribution in [2.24, 2.45) is 0 Å². The molecule has 2 atom stereocenters. The Morgan fingerprint density at radius 1 is 1.40 bits per heavy atom. The van der Waals surface area contributed by atoms with Gasteiger partial charge in [0.25, 0.3) is 0 Å². The average molecular weight is 217 g/mol.